The van der Waals surface area contributed by atoms with Crippen LogP contribution < -0.4 is 29.9 Å². The van der Waals surface area contributed by atoms with Gasteiger partial charge in [0.05, 0.1) is 60.9 Å². The summed E-state index contributed by atoms with van der Waals surface area (Å²) in [6.07, 6.45) is 5.96. The van der Waals surface area contributed by atoms with E-state index in [1.54, 1.807) is 73.8 Å². The highest BCUT2D eigenvalue weighted by atomic mass is 35.5. The number of ether oxygens (including phenoxy) is 3. The maximum Gasteiger partial charge on any atom is 0.260 e. The number of carbonyl (C=O) groups is 4. The van der Waals surface area contributed by atoms with E-state index in [4.69, 9.17) is 37.4 Å². The van der Waals surface area contributed by atoms with Crippen LogP contribution in [0.4, 0.5) is 22.7 Å². The van der Waals surface area contributed by atoms with Gasteiger partial charge in [0.2, 0.25) is 17.6 Å². The number of allylic oxidation sites excluding steroid dienone is 3. The van der Waals surface area contributed by atoms with Gasteiger partial charge in [-0.3, -0.25) is 29.5 Å². The Hall–Kier alpha value is -6.76. The summed E-state index contributed by atoms with van der Waals surface area (Å²) in [6, 6.07) is 31.8. The van der Waals surface area contributed by atoms with Gasteiger partial charge in [-0.15, -0.1) is 0 Å². The van der Waals surface area contributed by atoms with Crippen LogP contribution >= 0.6 is 23.2 Å². The normalized spacial score (nSPS) is 23.9. The lowest BCUT2D eigenvalue weighted by Gasteiger charge is -2.49. The zero-order valence-corrected chi connectivity index (χ0v) is 35.9. The van der Waals surface area contributed by atoms with Crippen molar-refractivity contribution in [2.75, 3.05) is 37.0 Å². The lowest BCUT2D eigenvalue weighted by molar-refractivity contribution is -0.139. The van der Waals surface area contributed by atoms with Crippen molar-refractivity contribution in [3.8, 4) is 23.0 Å². The smallest absolute Gasteiger partial charge is 0.260 e. The van der Waals surface area contributed by atoms with Gasteiger partial charge < -0.3 is 24.6 Å². The first kappa shape index (κ1) is 41.6. The number of hydrazine groups is 1. The van der Waals surface area contributed by atoms with Gasteiger partial charge in [-0.25, -0.2) is 0 Å². The molecule has 3 fully saturated rings. The van der Waals surface area contributed by atoms with Gasteiger partial charge in [0.1, 0.15) is 5.75 Å². The van der Waals surface area contributed by atoms with Crippen LogP contribution in [-0.4, -0.2) is 55.1 Å². The number of hydrogen-bond acceptors (Lipinski definition) is 10. The summed E-state index contributed by atoms with van der Waals surface area (Å²) >= 11 is 12.8. The molecule has 320 valence electrons. The number of benzene rings is 5. The number of nitrogens with zero attached hydrogens (tertiary/aromatic N) is 2. The monoisotopic (exact) mass is 884 g/mol. The molecule has 1 saturated carbocycles. The fraction of sp³-hybridized carbons (Fsp3) is 0.224. The Morgan fingerprint density at radius 3 is 2.10 bits per heavy atom. The highest BCUT2D eigenvalue weighted by Crippen LogP contribution is 2.62. The van der Waals surface area contributed by atoms with Crippen LogP contribution in [0.3, 0.4) is 0 Å². The Balaban J connectivity index is 1.17. The molecule has 0 radical (unpaired) electrons. The quantitative estimate of drug-likeness (QED) is 0.0867. The number of anilines is 4. The lowest BCUT2D eigenvalue weighted by Crippen LogP contribution is -2.54. The average molecular weight is 886 g/mol. The molecule has 5 aromatic rings. The molecule has 3 N–H and O–H groups in total. The number of fused-ring (bicyclic) bond motifs is 4. The van der Waals surface area contributed by atoms with E-state index >= 15 is 9.59 Å². The standard InChI is InChI=1S/C49H42Cl2N4O8/c1-61-33-17-10-28(11-18-33)49-37(21-9-27-23-41(62-2)44(56)42(24-27)63-3)34-19-20-35-43(36(34)26-38(49)46(58)55(48(49)60)53-40-22-12-29(50)25-39(40)51)47(59)54(45(35)57)32-15-13-31(14-16-32)52-30-7-5-4-6-8-30/h4-19,21-25,35-38,43,52-53,56H,20,26H2,1-3H3. The van der Waals surface area contributed by atoms with Gasteiger partial charge in [0.25, 0.3) is 11.8 Å². The number of methoxy groups -OCH3 is 3. The molecule has 2 aliphatic carbocycles. The Morgan fingerprint density at radius 1 is 0.762 bits per heavy atom. The SMILES string of the molecule is COc1ccc(C23C(=O)N(Nc4ccc(Cl)cc4Cl)C(=O)C2CC2C(=CCC4C(=O)N(c5ccc(Nc6ccccc6)cc5)C(=O)C42)C3C=Cc2cc(OC)c(O)c(OC)c2)cc1. The summed E-state index contributed by atoms with van der Waals surface area (Å²) in [5, 5.41) is 15.6. The average Bonchev–Trinajstić information content (AvgIpc) is 3.68. The first-order chi connectivity index (χ1) is 30.5. The Morgan fingerprint density at radius 2 is 1.44 bits per heavy atom. The van der Waals surface area contributed by atoms with E-state index in [0.717, 1.165) is 22.0 Å². The van der Waals surface area contributed by atoms with E-state index in [1.807, 2.05) is 54.6 Å². The molecule has 4 aliphatic rings. The van der Waals surface area contributed by atoms with Crippen molar-refractivity contribution in [3.05, 3.63) is 148 Å². The van der Waals surface area contributed by atoms with Crippen molar-refractivity contribution in [2.45, 2.75) is 18.3 Å². The van der Waals surface area contributed by atoms with Crippen molar-refractivity contribution in [1.29, 1.82) is 0 Å². The zero-order valence-electron chi connectivity index (χ0n) is 34.4. The minimum Gasteiger partial charge on any atom is -0.502 e. The summed E-state index contributed by atoms with van der Waals surface area (Å²) in [7, 11) is 4.40. The summed E-state index contributed by atoms with van der Waals surface area (Å²) in [5.74, 6) is -4.99. The highest BCUT2D eigenvalue weighted by molar-refractivity contribution is 6.36. The van der Waals surface area contributed by atoms with Crippen molar-refractivity contribution >= 4 is 75.7 Å². The molecule has 4 amide bonds. The zero-order chi connectivity index (χ0) is 44.2. The van der Waals surface area contributed by atoms with Gasteiger partial charge >= 0.3 is 0 Å². The van der Waals surface area contributed by atoms with Crippen LogP contribution in [0.15, 0.2) is 127 Å². The van der Waals surface area contributed by atoms with Crippen LogP contribution in [0.5, 0.6) is 23.0 Å². The summed E-state index contributed by atoms with van der Waals surface area (Å²) in [6.45, 7) is 0. The third-order valence-corrected chi connectivity index (χ3v) is 13.4. The summed E-state index contributed by atoms with van der Waals surface area (Å²) in [4.78, 5) is 61.1. The number of amides is 4. The third kappa shape index (κ3) is 6.94. The van der Waals surface area contributed by atoms with Crippen molar-refractivity contribution in [3.63, 3.8) is 0 Å². The molecule has 2 saturated heterocycles. The van der Waals surface area contributed by atoms with Crippen molar-refractivity contribution < 1.29 is 38.5 Å². The van der Waals surface area contributed by atoms with Gasteiger partial charge in [-0.2, -0.15) is 5.01 Å². The number of phenols is 1. The Bertz CT molecular complexity index is 2680. The number of halogens is 2. The van der Waals surface area contributed by atoms with Gasteiger partial charge in [0, 0.05) is 22.3 Å². The molecule has 9 rings (SSSR count). The van der Waals surface area contributed by atoms with Gasteiger partial charge in [-0.1, -0.05) is 77.3 Å². The van der Waals surface area contributed by atoms with Gasteiger partial charge in [0.15, 0.2) is 11.5 Å². The van der Waals surface area contributed by atoms with Crippen LogP contribution in [0.2, 0.25) is 10.0 Å². The highest BCUT2D eigenvalue weighted by Gasteiger charge is 2.69. The first-order valence-corrected chi connectivity index (χ1v) is 21.1. The number of aromatic hydroxyl groups is 1. The van der Waals surface area contributed by atoms with E-state index in [2.05, 4.69) is 10.7 Å². The van der Waals surface area contributed by atoms with E-state index in [1.165, 1.54) is 25.2 Å². The molecule has 14 heteroatoms. The number of para-hydroxylation sites is 1. The van der Waals surface area contributed by atoms with Crippen LogP contribution in [0.1, 0.15) is 24.0 Å². The van der Waals surface area contributed by atoms with E-state index in [-0.39, 0.29) is 52.6 Å². The van der Waals surface area contributed by atoms with Crippen molar-refractivity contribution in [1.82, 2.24) is 5.01 Å². The molecular formula is C49H42Cl2N4O8. The predicted molar refractivity (Wildman–Crippen MR) is 240 cm³/mol. The predicted octanol–water partition coefficient (Wildman–Crippen LogP) is 9.20. The number of imide groups is 2. The molecule has 0 bridgehead atoms. The minimum absolute atomic E-state index is 0.0914. The number of phenolic OH excluding ortho intramolecular Hbond substituents is 1. The molecule has 6 unspecified atom stereocenters. The molecule has 0 spiro atoms. The Kier molecular flexibility index (Phi) is 10.9. The molecule has 0 aromatic heterocycles. The fourth-order valence-corrected chi connectivity index (χ4v) is 10.4. The molecule has 12 nitrogen and oxygen atoms in total. The maximum atomic E-state index is 15.5. The largest absolute Gasteiger partial charge is 0.502 e. The van der Waals surface area contributed by atoms with Gasteiger partial charge in [-0.05, 0) is 109 Å². The minimum atomic E-state index is -1.56. The van der Waals surface area contributed by atoms with Crippen LogP contribution in [0.25, 0.3) is 6.08 Å². The lowest BCUT2D eigenvalue weighted by atomic mass is 9.50. The number of nitrogens with one attached hydrogen (secondary N) is 2. The Labute approximate surface area is 373 Å². The molecule has 2 heterocycles. The summed E-state index contributed by atoms with van der Waals surface area (Å²) in [5.41, 5.74) is 5.74. The van der Waals surface area contributed by atoms with E-state index in [0.29, 0.717) is 27.6 Å². The molecule has 2 aliphatic heterocycles. The summed E-state index contributed by atoms with van der Waals surface area (Å²) < 4.78 is 16.4. The van der Waals surface area contributed by atoms with E-state index < -0.39 is 46.8 Å². The number of carbonyl (C=O) groups excluding carboxylic acids is 4. The second-order valence-corrected chi connectivity index (χ2v) is 16.8. The molecular weight excluding hydrogens is 843 g/mol. The second-order valence-electron chi connectivity index (χ2n) is 15.9. The van der Waals surface area contributed by atoms with Crippen LogP contribution in [-0.2, 0) is 24.6 Å². The topological polar surface area (TPSA) is 147 Å². The molecule has 6 atom stereocenters. The molecule has 63 heavy (non-hydrogen) atoms. The first-order valence-electron chi connectivity index (χ1n) is 20.4. The fourth-order valence-electron chi connectivity index (χ4n) is 9.94. The van der Waals surface area contributed by atoms with Crippen LogP contribution in [0, 0.1) is 29.6 Å². The third-order valence-electron chi connectivity index (χ3n) is 12.8. The second kappa shape index (κ2) is 16.5. The van der Waals surface area contributed by atoms with E-state index in [9.17, 15) is 14.7 Å². The maximum absolute atomic E-state index is 15.5. The van der Waals surface area contributed by atoms with Crippen molar-refractivity contribution in [2.24, 2.45) is 29.6 Å². The number of rotatable bonds is 11. The molecule has 5 aromatic carbocycles. The number of hydrogen-bond donors (Lipinski definition) is 3.